The average molecular weight is 364 g/mol. The third kappa shape index (κ3) is 3.83. The molecule has 1 aliphatic rings. The highest BCUT2D eigenvalue weighted by Crippen LogP contribution is 2.21. The van der Waals surface area contributed by atoms with Gasteiger partial charge in [0, 0.05) is 24.8 Å². The van der Waals surface area contributed by atoms with Crippen molar-refractivity contribution in [2.24, 2.45) is 7.05 Å². The molecule has 7 heteroatoms. The molecular formula is C20H24N6O. The number of nitrogens with one attached hydrogen (secondary N) is 1. The Morgan fingerprint density at radius 2 is 2.19 bits per heavy atom. The quantitative estimate of drug-likeness (QED) is 0.768. The van der Waals surface area contributed by atoms with Crippen LogP contribution in [0.4, 0.5) is 0 Å². The Hall–Kier alpha value is -2.80. The summed E-state index contributed by atoms with van der Waals surface area (Å²) in [4.78, 5) is 19.8. The van der Waals surface area contributed by atoms with E-state index in [1.165, 1.54) is 0 Å². The zero-order valence-electron chi connectivity index (χ0n) is 15.5. The summed E-state index contributed by atoms with van der Waals surface area (Å²) in [5.41, 5.74) is 3.21. The summed E-state index contributed by atoms with van der Waals surface area (Å²) in [5, 5.41) is 11.6. The fourth-order valence-electron chi connectivity index (χ4n) is 3.68. The normalized spacial score (nSPS) is 17.6. The molecule has 0 saturated carbocycles. The molecule has 27 heavy (non-hydrogen) atoms. The van der Waals surface area contributed by atoms with Gasteiger partial charge in [-0.05, 0) is 62.7 Å². The van der Waals surface area contributed by atoms with Crippen molar-refractivity contribution < 1.29 is 4.79 Å². The molecule has 0 aliphatic carbocycles. The molecule has 7 nitrogen and oxygen atoms in total. The van der Waals surface area contributed by atoms with Gasteiger partial charge in [0.05, 0.1) is 17.8 Å². The zero-order chi connectivity index (χ0) is 18.6. The number of rotatable bonds is 4. The molecule has 1 unspecified atom stereocenters. The Bertz CT molecular complexity index is 915. The van der Waals surface area contributed by atoms with Crippen LogP contribution < -0.4 is 5.32 Å². The molecule has 1 fully saturated rings. The number of hydrogen-bond acceptors (Lipinski definition) is 5. The van der Waals surface area contributed by atoms with Crippen molar-refractivity contribution in [2.45, 2.75) is 31.8 Å². The van der Waals surface area contributed by atoms with Gasteiger partial charge in [0.15, 0.2) is 0 Å². The molecule has 1 saturated heterocycles. The maximum atomic E-state index is 13.4. The lowest BCUT2D eigenvalue weighted by Crippen LogP contribution is -2.40. The minimum atomic E-state index is 0.0279. The van der Waals surface area contributed by atoms with E-state index >= 15 is 0 Å². The maximum absolute atomic E-state index is 13.4. The van der Waals surface area contributed by atoms with Crippen molar-refractivity contribution >= 4 is 16.9 Å². The van der Waals surface area contributed by atoms with Gasteiger partial charge in [0.25, 0.3) is 5.91 Å². The van der Waals surface area contributed by atoms with Gasteiger partial charge in [0.2, 0.25) is 0 Å². The highest BCUT2D eigenvalue weighted by molar-refractivity contribution is 5.97. The zero-order valence-corrected chi connectivity index (χ0v) is 15.5. The first-order valence-corrected chi connectivity index (χ1v) is 9.43. The topological polar surface area (TPSA) is 75.9 Å². The molecule has 0 bridgehead atoms. The largest absolute Gasteiger partial charge is 0.330 e. The van der Waals surface area contributed by atoms with Gasteiger partial charge >= 0.3 is 0 Å². The number of nitrogens with zero attached hydrogens (tertiary/aromatic N) is 5. The van der Waals surface area contributed by atoms with Gasteiger partial charge in [-0.25, -0.2) is 4.68 Å². The number of pyridine rings is 1. The first kappa shape index (κ1) is 17.6. The van der Waals surface area contributed by atoms with Gasteiger partial charge in [-0.3, -0.25) is 9.78 Å². The van der Waals surface area contributed by atoms with Crippen LogP contribution in [0.3, 0.4) is 0 Å². The second kappa shape index (κ2) is 7.84. The second-order valence-electron chi connectivity index (χ2n) is 7.01. The Kier molecular flexibility index (Phi) is 5.11. The molecule has 1 aliphatic heterocycles. The Morgan fingerprint density at radius 3 is 3.04 bits per heavy atom. The van der Waals surface area contributed by atoms with E-state index in [2.05, 4.69) is 20.6 Å². The van der Waals surface area contributed by atoms with Crippen molar-refractivity contribution in [1.82, 2.24) is 30.2 Å². The number of benzene rings is 1. The molecule has 1 amide bonds. The average Bonchev–Trinajstić information content (AvgIpc) is 2.90. The van der Waals surface area contributed by atoms with Crippen LogP contribution in [0.25, 0.3) is 11.0 Å². The standard InChI is InChI=1S/C20H24N6O/c1-25-19-8-7-15(13-18(19)23-24-25)20(27)26(14-16-5-2-3-11-22-16)17-6-4-10-21-12-9-17/h2-3,5,7-8,11,13,17,21H,4,6,9-10,12,14H2,1H3. The van der Waals surface area contributed by atoms with Crippen molar-refractivity contribution in [3.63, 3.8) is 0 Å². The van der Waals surface area contributed by atoms with E-state index in [0.717, 1.165) is 49.1 Å². The van der Waals surface area contributed by atoms with E-state index in [1.54, 1.807) is 10.9 Å². The third-order valence-electron chi connectivity index (χ3n) is 5.16. The van der Waals surface area contributed by atoms with Gasteiger partial charge < -0.3 is 10.2 Å². The predicted molar refractivity (Wildman–Crippen MR) is 103 cm³/mol. The van der Waals surface area contributed by atoms with Crippen molar-refractivity contribution in [3.8, 4) is 0 Å². The highest BCUT2D eigenvalue weighted by atomic mass is 16.2. The van der Waals surface area contributed by atoms with Gasteiger partial charge in [-0.2, -0.15) is 0 Å². The summed E-state index contributed by atoms with van der Waals surface area (Å²) in [6.07, 6.45) is 4.79. The number of amides is 1. The van der Waals surface area contributed by atoms with E-state index in [4.69, 9.17) is 0 Å². The lowest BCUT2D eigenvalue weighted by Gasteiger charge is -2.31. The Labute approximate surface area is 158 Å². The lowest BCUT2D eigenvalue weighted by molar-refractivity contribution is 0.0642. The fourth-order valence-corrected chi connectivity index (χ4v) is 3.68. The van der Waals surface area contributed by atoms with E-state index < -0.39 is 0 Å². The van der Waals surface area contributed by atoms with Crippen LogP contribution in [0.1, 0.15) is 35.3 Å². The summed E-state index contributed by atoms with van der Waals surface area (Å²) in [6, 6.07) is 11.7. The first-order chi connectivity index (χ1) is 13.2. The van der Waals surface area contributed by atoms with Crippen LogP contribution in [-0.2, 0) is 13.6 Å². The molecular weight excluding hydrogens is 340 g/mol. The number of aromatic nitrogens is 4. The van der Waals surface area contributed by atoms with Gasteiger partial charge in [0.1, 0.15) is 5.52 Å². The SMILES string of the molecule is Cn1nnc2cc(C(=O)N(Cc3ccccn3)C3CCCNCC3)ccc21. The van der Waals surface area contributed by atoms with Gasteiger partial charge in [-0.15, -0.1) is 5.10 Å². The number of fused-ring (bicyclic) bond motifs is 1. The molecule has 3 heterocycles. The molecule has 3 aromatic rings. The summed E-state index contributed by atoms with van der Waals surface area (Å²) in [6.45, 7) is 2.45. The monoisotopic (exact) mass is 364 g/mol. The third-order valence-corrected chi connectivity index (χ3v) is 5.16. The van der Waals surface area contributed by atoms with Crippen LogP contribution >= 0.6 is 0 Å². The minimum Gasteiger partial charge on any atom is -0.330 e. The summed E-state index contributed by atoms with van der Waals surface area (Å²) in [5.74, 6) is 0.0279. The summed E-state index contributed by atoms with van der Waals surface area (Å²) >= 11 is 0. The number of hydrogen-bond donors (Lipinski definition) is 1. The van der Waals surface area contributed by atoms with E-state index in [1.807, 2.05) is 48.3 Å². The van der Waals surface area contributed by atoms with Crippen LogP contribution in [0.5, 0.6) is 0 Å². The minimum absolute atomic E-state index is 0.0279. The summed E-state index contributed by atoms with van der Waals surface area (Å²) in [7, 11) is 1.85. The van der Waals surface area contributed by atoms with E-state index in [9.17, 15) is 4.79 Å². The first-order valence-electron chi connectivity index (χ1n) is 9.43. The number of aryl methyl sites for hydroxylation is 1. The van der Waals surface area contributed by atoms with Crippen molar-refractivity contribution in [1.29, 1.82) is 0 Å². The lowest BCUT2D eigenvalue weighted by atomic mass is 10.0. The Balaban J connectivity index is 1.65. The van der Waals surface area contributed by atoms with Crippen LogP contribution in [0.2, 0.25) is 0 Å². The van der Waals surface area contributed by atoms with Crippen molar-refractivity contribution in [2.75, 3.05) is 13.1 Å². The predicted octanol–water partition coefficient (Wildman–Crippen LogP) is 2.15. The van der Waals surface area contributed by atoms with Crippen LogP contribution in [0.15, 0.2) is 42.6 Å². The molecule has 1 aromatic carbocycles. The Morgan fingerprint density at radius 1 is 1.26 bits per heavy atom. The van der Waals surface area contributed by atoms with E-state index in [-0.39, 0.29) is 11.9 Å². The fraction of sp³-hybridized carbons (Fsp3) is 0.400. The summed E-state index contributed by atoms with van der Waals surface area (Å²) < 4.78 is 1.71. The molecule has 0 radical (unpaired) electrons. The van der Waals surface area contributed by atoms with Crippen LogP contribution in [0, 0.1) is 0 Å². The number of carbonyl (C=O) groups is 1. The molecule has 2 aromatic heterocycles. The van der Waals surface area contributed by atoms with E-state index in [0.29, 0.717) is 12.1 Å². The van der Waals surface area contributed by atoms with Gasteiger partial charge in [-0.1, -0.05) is 11.3 Å². The molecule has 0 spiro atoms. The maximum Gasteiger partial charge on any atom is 0.254 e. The molecule has 1 atom stereocenters. The smallest absolute Gasteiger partial charge is 0.254 e. The second-order valence-corrected chi connectivity index (χ2v) is 7.01. The highest BCUT2D eigenvalue weighted by Gasteiger charge is 2.26. The molecule has 140 valence electrons. The van der Waals surface area contributed by atoms with Crippen LogP contribution in [-0.4, -0.2) is 49.9 Å². The molecule has 1 N–H and O–H groups in total. The van der Waals surface area contributed by atoms with Crippen molar-refractivity contribution in [3.05, 3.63) is 53.9 Å². The number of carbonyl (C=O) groups excluding carboxylic acids is 1. The molecule has 4 rings (SSSR count).